The molecular weight excluding hydrogens is 967 g/mol. The maximum atomic E-state index is 12.0. The predicted molar refractivity (Wildman–Crippen MR) is 317 cm³/mol. The second-order valence-electron chi connectivity index (χ2n) is 24.0. The number of benzene rings is 9. The van der Waals surface area contributed by atoms with Gasteiger partial charge in [0.05, 0.1) is 40.1 Å². The molecule has 9 aromatic rings. The Morgan fingerprint density at radius 3 is 1.06 bits per heavy atom. The summed E-state index contributed by atoms with van der Waals surface area (Å²) in [6, 6.07) is 35.2. The summed E-state index contributed by atoms with van der Waals surface area (Å²) >= 11 is 0. The Morgan fingerprint density at radius 2 is 0.705 bits per heavy atom. The molecule has 5 atom stereocenters. The second kappa shape index (κ2) is 19.6. The van der Waals surface area contributed by atoms with Gasteiger partial charge in [0.15, 0.2) is 0 Å². The molecule has 0 saturated carbocycles. The second-order valence-corrected chi connectivity index (χ2v) is 24.0. The van der Waals surface area contributed by atoms with Crippen LogP contribution in [-0.2, 0) is 43.7 Å². The van der Waals surface area contributed by atoms with Crippen molar-refractivity contribution in [1.29, 1.82) is 0 Å². The molecular formula is C69H73N3O6. The molecule has 0 amide bonds. The molecule has 400 valence electrons. The van der Waals surface area contributed by atoms with Gasteiger partial charge in [0.2, 0.25) is 0 Å². The fraction of sp³-hybridized carbons (Fsp3) is 0.377. The van der Waals surface area contributed by atoms with Gasteiger partial charge in [-0.3, -0.25) is 19.5 Å². The SMILES string of the molecule is COc1cc2c3c(c4ccc(C)cc4c2cc1C)CN1CC(=O)C[C@@H]1C3.COc1cc2c3c(c4ccc(C)cc4c2cc1C)CN1C[C@@H](O)C[C@@H]1C3.COc1cc2c3c(c4ccc(C)cc4c2cc1C)CN1C[C@H](O)C[C@@H]1C3. The molecule has 0 unspecified atom stereocenters. The maximum absolute atomic E-state index is 12.0. The number of carbonyl (C=O) groups is 1. The molecule has 2 N–H and O–H groups in total. The van der Waals surface area contributed by atoms with Crippen molar-refractivity contribution >= 4 is 70.4 Å². The van der Waals surface area contributed by atoms with E-state index in [1.54, 1.807) is 21.3 Å². The number of nitrogens with zero attached hydrogens (tertiary/aromatic N) is 3. The quantitative estimate of drug-likeness (QED) is 0.168. The number of aliphatic hydroxyl groups is 2. The summed E-state index contributed by atoms with van der Waals surface area (Å²) in [5.74, 6) is 3.23. The van der Waals surface area contributed by atoms with Crippen LogP contribution in [-0.4, -0.2) is 102 Å². The first-order valence-corrected chi connectivity index (χ1v) is 28.3. The standard InChI is InChI=1S/2C23H25NO2.C23H23NO2/c3*1-13-4-5-17-18(6-13)19-7-14(2)23(26-3)10-21(19)20-9-15-8-16(25)11-24(15)12-22(17)20/h2*4-7,10,15-16,25H,8-9,11-12H2,1-3H3;4-7,10,15H,8-9,11-12H2,1-3H3/t15-,16+;15-,16-;15-/m111/s1. The largest absolute Gasteiger partial charge is 0.496 e. The fourth-order valence-corrected chi connectivity index (χ4v) is 15.0. The first kappa shape index (κ1) is 50.9. The maximum Gasteiger partial charge on any atom is 0.148 e. The Hall–Kier alpha value is -6.59. The molecule has 0 radical (unpaired) electrons. The van der Waals surface area contributed by atoms with Crippen LogP contribution in [0.3, 0.4) is 0 Å². The molecule has 78 heavy (non-hydrogen) atoms. The lowest BCUT2D eigenvalue weighted by atomic mass is 9.84. The van der Waals surface area contributed by atoms with Crippen LogP contribution in [0.1, 0.15) is 86.0 Å². The molecule has 9 nitrogen and oxygen atoms in total. The van der Waals surface area contributed by atoms with Crippen LogP contribution in [0.2, 0.25) is 0 Å². The van der Waals surface area contributed by atoms with Gasteiger partial charge in [-0.25, -0.2) is 0 Å². The van der Waals surface area contributed by atoms with E-state index in [0.29, 0.717) is 36.9 Å². The van der Waals surface area contributed by atoms with Crippen molar-refractivity contribution in [2.75, 3.05) is 41.0 Å². The minimum absolute atomic E-state index is 0.189. The summed E-state index contributed by atoms with van der Waals surface area (Å²) in [4.78, 5) is 19.3. The van der Waals surface area contributed by atoms with E-state index in [9.17, 15) is 15.0 Å². The molecule has 3 fully saturated rings. The smallest absolute Gasteiger partial charge is 0.148 e. The summed E-state index contributed by atoms with van der Waals surface area (Å²) in [7, 11) is 5.24. The number of fused-ring (bicyclic) bond motifs is 21. The van der Waals surface area contributed by atoms with Gasteiger partial charge in [-0.1, -0.05) is 71.3 Å². The third-order valence-electron chi connectivity index (χ3n) is 18.8. The molecule has 0 bridgehead atoms. The minimum Gasteiger partial charge on any atom is -0.496 e. The molecule has 6 aliphatic rings. The summed E-state index contributed by atoms with van der Waals surface area (Å²) in [5, 5.41) is 36.3. The van der Waals surface area contributed by atoms with Crippen molar-refractivity contribution in [3.05, 3.63) is 158 Å². The van der Waals surface area contributed by atoms with Crippen LogP contribution < -0.4 is 14.2 Å². The molecule has 3 saturated heterocycles. The average Bonchev–Trinajstić information content (AvgIpc) is 4.13. The number of hydrogen-bond donors (Lipinski definition) is 2. The normalized spacial score (nSPS) is 21.7. The first-order chi connectivity index (χ1) is 37.6. The van der Waals surface area contributed by atoms with Crippen molar-refractivity contribution in [1.82, 2.24) is 14.7 Å². The first-order valence-electron chi connectivity index (χ1n) is 28.3. The summed E-state index contributed by atoms with van der Waals surface area (Å²) < 4.78 is 16.9. The molecule has 9 heteroatoms. The van der Waals surface area contributed by atoms with E-state index in [1.165, 1.54) is 126 Å². The van der Waals surface area contributed by atoms with Gasteiger partial charge in [0.25, 0.3) is 0 Å². The van der Waals surface area contributed by atoms with Crippen LogP contribution in [0.5, 0.6) is 17.2 Å². The highest BCUT2D eigenvalue weighted by atomic mass is 16.5. The van der Waals surface area contributed by atoms with E-state index in [1.807, 2.05) is 0 Å². The van der Waals surface area contributed by atoms with Crippen molar-refractivity contribution in [2.24, 2.45) is 0 Å². The van der Waals surface area contributed by atoms with Crippen molar-refractivity contribution in [3.63, 3.8) is 0 Å². The Labute approximate surface area is 458 Å². The zero-order valence-electron chi connectivity index (χ0n) is 46.9. The molecule has 6 aliphatic heterocycles. The highest BCUT2D eigenvalue weighted by Crippen LogP contribution is 2.46. The van der Waals surface area contributed by atoms with E-state index in [4.69, 9.17) is 14.2 Å². The number of Topliss-reactive ketones (excluding diaryl/α,β-unsaturated/α-hetero) is 1. The topological polar surface area (TPSA) is 94.9 Å². The fourth-order valence-electron chi connectivity index (χ4n) is 15.0. The number of rotatable bonds is 3. The van der Waals surface area contributed by atoms with Gasteiger partial charge >= 0.3 is 0 Å². The zero-order valence-corrected chi connectivity index (χ0v) is 46.9. The monoisotopic (exact) mass is 1040 g/mol. The van der Waals surface area contributed by atoms with Crippen LogP contribution in [0.15, 0.2) is 91.0 Å². The Morgan fingerprint density at radius 1 is 0.372 bits per heavy atom. The third kappa shape index (κ3) is 8.59. The highest BCUT2D eigenvalue weighted by molar-refractivity contribution is 6.14. The van der Waals surface area contributed by atoms with Gasteiger partial charge in [0.1, 0.15) is 23.0 Å². The number of carbonyl (C=O) groups excluding carboxylic acids is 1. The molecule has 6 heterocycles. The highest BCUT2D eigenvalue weighted by Gasteiger charge is 2.39. The molecule has 0 aliphatic carbocycles. The predicted octanol–water partition coefficient (Wildman–Crippen LogP) is 12.5. The molecule has 9 aromatic carbocycles. The number of hydrogen-bond acceptors (Lipinski definition) is 9. The van der Waals surface area contributed by atoms with Crippen molar-refractivity contribution in [2.45, 2.75) is 130 Å². The Balaban J connectivity index is 0.000000111. The van der Waals surface area contributed by atoms with Crippen LogP contribution in [0.25, 0.3) is 64.6 Å². The lowest BCUT2D eigenvalue weighted by Gasteiger charge is -2.33. The Bertz CT molecular complexity index is 3810. The van der Waals surface area contributed by atoms with E-state index in [0.717, 1.165) is 87.6 Å². The average molecular weight is 1040 g/mol. The van der Waals surface area contributed by atoms with Crippen LogP contribution >= 0.6 is 0 Å². The summed E-state index contributed by atoms with van der Waals surface area (Å²) in [6.45, 7) is 17.8. The number of ketones is 1. The van der Waals surface area contributed by atoms with E-state index < -0.39 is 0 Å². The summed E-state index contributed by atoms with van der Waals surface area (Å²) in [5.41, 5.74) is 15.9. The molecule has 15 rings (SSSR count). The van der Waals surface area contributed by atoms with Gasteiger partial charge in [-0.05, 0) is 225 Å². The number of aliphatic hydroxyl groups excluding tert-OH is 2. The Kier molecular flexibility index (Phi) is 12.8. The van der Waals surface area contributed by atoms with Crippen molar-refractivity contribution in [3.8, 4) is 17.2 Å². The van der Waals surface area contributed by atoms with Crippen LogP contribution in [0, 0.1) is 41.5 Å². The lowest BCUT2D eigenvalue weighted by molar-refractivity contribution is -0.117. The van der Waals surface area contributed by atoms with Gasteiger partial charge in [0, 0.05) is 57.3 Å². The summed E-state index contributed by atoms with van der Waals surface area (Å²) in [6.07, 6.45) is 5.06. The molecule has 0 aromatic heterocycles. The van der Waals surface area contributed by atoms with Crippen LogP contribution in [0.4, 0.5) is 0 Å². The zero-order chi connectivity index (χ0) is 54.0. The van der Waals surface area contributed by atoms with E-state index in [2.05, 4.69) is 147 Å². The van der Waals surface area contributed by atoms with Gasteiger partial charge in [-0.2, -0.15) is 0 Å². The minimum atomic E-state index is -0.189. The number of ether oxygens (including phenoxy) is 3. The molecule has 0 spiro atoms. The number of aryl methyl sites for hydroxylation is 6. The number of methoxy groups -OCH3 is 3. The lowest BCUT2D eigenvalue weighted by Crippen LogP contribution is -2.35. The van der Waals surface area contributed by atoms with E-state index >= 15 is 0 Å². The van der Waals surface area contributed by atoms with Crippen molar-refractivity contribution < 1.29 is 29.2 Å². The van der Waals surface area contributed by atoms with Gasteiger partial charge in [-0.15, -0.1) is 0 Å². The third-order valence-corrected chi connectivity index (χ3v) is 18.8. The van der Waals surface area contributed by atoms with Gasteiger partial charge < -0.3 is 24.4 Å². The van der Waals surface area contributed by atoms with E-state index in [-0.39, 0.29) is 12.2 Å².